The number of benzene rings is 1. The fourth-order valence-corrected chi connectivity index (χ4v) is 4.88. The van der Waals surface area contributed by atoms with Crippen molar-refractivity contribution in [3.8, 4) is 5.75 Å². The Morgan fingerprint density at radius 1 is 1.07 bits per heavy atom. The molecule has 3 aromatic rings. The second-order valence-corrected chi connectivity index (χ2v) is 12.0. The average molecular weight is 550 g/mol. The summed E-state index contributed by atoms with van der Waals surface area (Å²) in [5.41, 5.74) is 2.11. The number of nitrogens with zero attached hydrogens (tertiary/aromatic N) is 3. The number of amides is 1. The van der Waals surface area contributed by atoms with Crippen LogP contribution in [0.1, 0.15) is 78.2 Å². The Balaban J connectivity index is 1.39. The maximum atomic E-state index is 13.4. The molecule has 1 fully saturated rings. The van der Waals surface area contributed by atoms with Gasteiger partial charge >= 0.3 is 0 Å². The monoisotopic (exact) mass is 549 g/mol. The van der Waals surface area contributed by atoms with E-state index in [-0.39, 0.29) is 17.1 Å². The molecule has 1 amide bonds. The maximum absolute atomic E-state index is 13.4. The van der Waals surface area contributed by atoms with Crippen LogP contribution in [0.25, 0.3) is 10.9 Å². The lowest BCUT2D eigenvalue weighted by atomic mass is 9.98. The van der Waals surface area contributed by atoms with Crippen molar-refractivity contribution in [1.82, 2.24) is 14.9 Å². The average Bonchev–Trinajstić information content (AvgIpc) is 3.36. The van der Waals surface area contributed by atoms with Gasteiger partial charge in [-0.2, -0.15) is 0 Å². The number of aromatic nitrogens is 2. The topological polar surface area (TPSA) is 82.7 Å². The predicted octanol–water partition coefficient (Wildman–Crippen LogP) is 6.49. The second-order valence-electron chi connectivity index (χ2n) is 12.0. The molecule has 1 atom stereocenters. The first-order valence-corrected chi connectivity index (χ1v) is 14.7. The molecule has 0 aliphatic carbocycles. The zero-order valence-corrected chi connectivity index (χ0v) is 25.3. The summed E-state index contributed by atoms with van der Waals surface area (Å²) in [5.74, 6) is 1.77. The Kier molecular flexibility index (Phi) is 9.29. The van der Waals surface area contributed by atoms with Crippen LogP contribution in [0, 0.1) is 0 Å². The molecule has 0 spiro atoms. The third-order valence-electron chi connectivity index (χ3n) is 8.01. The van der Waals surface area contributed by atoms with Crippen molar-refractivity contribution in [2.75, 3.05) is 43.0 Å². The van der Waals surface area contributed by atoms with Gasteiger partial charge in [-0.1, -0.05) is 13.8 Å². The van der Waals surface area contributed by atoms with Gasteiger partial charge in [-0.15, -0.1) is 0 Å². The van der Waals surface area contributed by atoms with Crippen LogP contribution in [0.2, 0.25) is 0 Å². The van der Waals surface area contributed by atoms with E-state index in [1.807, 2.05) is 41.4 Å². The van der Waals surface area contributed by atoms with E-state index in [1.54, 1.807) is 0 Å². The van der Waals surface area contributed by atoms with E-state index in [0.717, 1.165) is 60.5 Å². The molecule has 0 radical (unpaired) electrons. The number of H-pyrrole nitrogens is 1. The number of hydrogen-bond donors (Lipinski definition) is 2. The molecule has 1 aliphatic rings. The van der Waals surface area contributed by atoms with Gasteiger partial charge in [0.1, 0.15) is 17.0 Å². The molecule has 1 aromatic carbocycles. The summed E-state index contributed by atoms with van der Waals surface area (Å²) in [6.45, 7) is 18.3. The number of fused-ring (bicyclic) bond motifs is 1. The van der Waals surface area contributed by atoms with Crippen LogP contribution in [0.3, 0.4) is 0 Å². The minimum absolute atomic E-state index is 0.0222. The molecule has 8 heteroatoms. The molecule has 218 valence electrons. The number of hydrogen-bond acceptors (Lipinski definition) is 6. The lowest BCUT2D eigenvalue weighted by Crippen LogP contribution is -2.49. The lowest BCUT2D eigenvalue weighted by Gasteiger charge is -2.36. The van der Waals surface area contributed by atoms with Gasteiger partial charge in [0, 0.05) is 55.7 Å². The van der Waals surface area contributed by atoms with Crippen LogP contribution in [0.5, 0.6) is 5.75 Å². The molecule has 1 aliphatic heterocycles. The van der Waals surface area contributed by atoms with Crippen molar-refractivity contribution in [3.63, 3.8) is 0 Å². The second kappa shape index (κ2) is 12.5. The van der Waals surface area contributed by atoms with Crippen molar-refractivity contribution in [2.24, 2.45) is 0 Å². The van der Waals surface area contributed by atoms with Crippen molar-refractivity contribution < 1.29 is 14.3 Å². The molecular weight excluding hydrogens is 502 g/mol. The highest BCUT2D eigenvalue weighted by Gasteiger charge is 2.27. The van der Waals surface area contributed by atoms with Crippen molar-refractivity contribution in [1.29, 1.82) is 0 Å². The molecule has 2 N–H and O–H groups in total. The van der Waals surface area contributed by atoms with E-state index in [0.29, 0.717) is 31.4 Å². The van der Waals surface area contributed by atoms with Crippen molar-refractivity contribution in [3.05, 3.63) is 48.3 Å². The largest absolute Gasteiger partial charge is 0.487 e. The number of anilines is 2. The zero-order chi connectivity index (χ0) is 28.9. The number of aromatic amines is 1. The molecule has 40 heavy (non-hydrogen) atoms. The van der Waals surface area contributed by atoms with E-state index in [2.05, 4.69) is 74.7 Å². The number of piperazine rings is 1. The van der Waals surface area contributed by atoms with Gasteiger partial charge in [0.2, 0.25) is 0 Å². The van der Waals surface area contributed by atoms with Crippen LogP contribution in [0.4, 0.5) is 11.5 Å². The molecule has 4 rings (SSSR count). The van der Waals surface area contributed by atoms with E-state index < -0.39 is 0 Å². The van der Waals surface area contributed by atoms with Crippen molar-refractivity contribution in [2.45, 2.75) is 85.0 Å². The summed E-state index contributed by atoms with van der Waals surface area (Å²) in [6.07, 6.45) is 4.47. The lowest BCUT2D eigenvalue weighted by molar-refractivity contribution is -0.0465. The highest BCUT2D eigenvalue weighted by molar-refractivity contribution is 5.98. The number of rotatable bonds is 12. The van der Waals surface area contributed by atoms with E-state index in [4.69, 9.17) is 9.47 Å². The molecular formula is C32H47N5O3. The van der Waals surface area contributed by atoms with Gasteiger partial charge in [0.25, 0.3) is 5.91 Å². The van der Waals surface area contributed by atoms with E-state index in [1.165, 1.54) is 0 Å². The third-order valence-corrected chi connectivity index (χ3v) is 8.01. The van der Waals surface area contributed by atoms with Crippen LogP contribution < -0.4 is 15.0 Å². The fourth-order valence-electron chi connectivity index (χ4n) is 4.88. The summed E-state index contributed by atoms with van der Waals surface area (Å²) in [4.78, 5) is 25.5. The van der Waals surface area contributed by atoms with E-state index in [9.17, 15) is 4.79 Å². The Hall–Kier alpha value is -3.26. The number of carbonyl (C=O) groups is 1. The maximum Gasteiger partial charge on any atom is 0.270 e. The number of ether oxygens (including phenoxy) is 2. The molecule has 0 saturated carbocycles. The molecule has 8 nitrogen and oxygen atoms in total. The van der Waals surface area contributed by atoms with Gasteiger partial charge in [0.15, 0.2) is 5.82 Å². The van der Waals surface area contributed by atoms with Gasteiger partial charge in [0.05, 0.1) is 17.9 Å². The highest BCUT2D eigenvalue weighted by atomic mass is 16.5. The SMILES string of the molecule is CCC(C)(C)OCCC(C)(CC)Oc1ccc2[nH]c(C(=O)N3CCN(c4ncccc4NC(C)C)CC3)cc2c1. The molecule has 0 bridgehead atoms. The van der Waals surface area contributed by atoms with Crippen LogP contribution in [-0.2, 0) is 4.74 Å². The number of pyridine rings is 1. The van der Waals surface area contributed by atoms with Crippen LogP contribution in [0.15, 0.2) is 42.6 Å². The first-order valence-electron chi connectivity index (χ1n) is 14.7. The number of nitrogens with one attached hydrogen (secondary N) is 2. The van der Waals surface area contributed by atoms with Crippen molar-refractivity contribution >= 4 is 28.3 Å². The van der Waals surface area contributed by atoms with Gasteiger partial charge in [-0.3, -0.25) is 4.79 Å². The summed E-state index contributed by atoms with van der Waals surface area (Å²) < 4.78 is 12.6. The van der Waals surface area contributed by atoms with Gasteiger partial charge in [-0.25, -0.2) is 4.98 Å². The Labute approximate surface area is 239 Å². The molecule has 2 aromatic heterocycles. The normalized spacial score (nSPS) is 15.9. The minimum Gasteiger partial charge on any atom is -0.487 e. The quantitative estimate of drug-likeness (QED) is 0.269. The summed E-state index contributed by atoms with van der Waals surface area (Å²) in [6, 6.07) is 12.3. The summed E-state index contributed by atoms with van der Waals surface area (Å²) >= 11 is 0. The first kappa shape index (κ1) is 29.7. The van der Waals surface area contributed by atoms with Gasteiger partial charge in [-0.05, 0) is 83.9 Å². The fraction of sp³-hybridized carbons (Fsp3) is 0.562. The first-order chi connectivity index (χ1) is 19.0. The highest BCUT2D eigenvalue weighted by Crippen LogP contribution is 2.30. The third kappa shape index (κ3) is 7.27. The molecule has 3 heterocycles. The zero-order valence-electron chi connectivity index (χ0n) is 25.3. The van der Waals surface area contributed by atoms with Gasteiger partial charge < -0.3 is 29.6 Å². The van der Waals surface area contributed by atoms with E-state index >= 15 is 0 Å². The molecule has 1 saturated heterocycles. The molecule has 1 unspecified atom stereocenters. The van der Waals surface area contributed by atoms with Crippen LogP contribution in [-0.4, -0.2) is 70.8 Å². The Bertz CT molecular complexity index is 1280. The predicted molar refractivity (Wildman–Crippen MR) is 164 cm³/mol. The minimum atomic E-state index is -0.329. The summed E-state index contributed by atoms with van der Waals surface area (Å²) in [5, 5.41) is 4.45. The summed E-state index contributed by atoms with van der Waals surface area (Å²) in [7, 11) is 0. The standard InChI is InChI=1S/C32H47N5O3/c1-8-31(5,6)39-20-14-32(7,9-2)40-25-12-13-26-24(21-25)22-28(35-26)30(38)37-18-16-36(17-19-37)29-27(34-23(3)4)11-10-15-33-29/h10-13,15,21-23,34-35H,8-9,14,16-20H2,1-7H3. The Morgan fingerprint density at radius 2 is 1.82 bits per heavy atom. The number of carbonyl (C=O) groups excluding carboxylic acids is 1. The smallest absolute Gasteiger partial charge is 0.270 e. The van der Waals surface area contributed by atoms with Crippen LogP contribution >= 0.6 is 0 Å². The Morgan fingerprint density at radius 3 is 2.50 bits per heavy atom.